The van der Waals surface area contributed by atoms with Crippen LogP contribution in [0.5, 0.6) is 0 Å². The number of methoxy groups -OCH3 is 1. The van der Waals surface area contributed by atoms with Crippen LogP contribution in [0.1, 0.15) is 17.2 Å². The van der Waals surface area contributed by atoms with E-state index in [1.807, 2.05) is 55.6 Å². The summed E-state index contributed by atoms with van der Waals surface area (Å²) in [5.41, 5.74) is 2.25. The molecule has 0 saturated carbocycles. The lowest BCUT2D eigenvalue weighted by molar-refractivity contribution is 0.224. The Hall–Kier alpha value is -2.81. The molecule has 0 radical (unpaired) electrons. The van der Waals surface area contributed by atoms with Gasteiger partial charge in [-0.15, -0.1) is 0 Å². The van der Waals surface area contributed by atoms with Crippen molar-refractivity contribution in [3.63, 3.8) is 0 Å². The topological polar surface area (TPSA) is 24.8 Å². The SMILES string of the molecule is CN=C(c1ccccc1)N1C=CC=C(OC)C1c1ccccc1. The Bertz CT molecular complexity index is 733. The number of hydrogen-bond acceptors (Lipinski definition) is 2. The van der Waals surface area contributed by atoms with E-state index in [1.54, 1.807) is 7.11 Å². The Balaban J connectivity index is 2.06. The van der Waals surface area contributed by atoms with Gasteiger partial charge in [-0.3, -0.25) is 4.99 Å². The van der Waals surface area contributed by atoms with Crippen LogP contribution < -0.4 is 0 Å². The molecule has 3 rings (SSSR count). The molecule has 2 aromatic rings. The van der Waals surface area contributed by atoms with Crippen molar-refractivity contribution in [2.75, 3.05) is 14.2 Å². The van der Waals surface area contributed by atoms with Gasteiger partial charge in [0.15, 0.2) is 0 Å². The Kier molecular flexibility index (Phi) is 4.57. The quantitative estimate of drug-likeness (QED) is 0.628. The number of aliphatic imine (C=N–C) groups is 1. The fourth-order valence-corrected chi connectivity index (χ4v) is 2.86. The van der Waals surface area contributed by atoms with Crippen molar-refractivity contribution in [3.8, 4) is 0 Å². The lowest BCUT2D eigenvalue weighted by Crippen LogP contribution is -2.34. The zero-order valence-electron chi connectivity index (χ0n) is 13.4. The Labute approximate surface area is 137 Å². The zero-order chi connectivity index (χ0) is 16.1. The Morgan fingerprint density at radius 3 is 2.26 bits per heavy atom. The largest absolute Gasteiger partial charge is 0.499 e. The van der Waals surface area contributed by atoms with Gasteiger partial charge in [-0.05, 0) is 17.7 Å². The van der Waals surface area contributed by atoms with Gasteiger partial charge in [0.2, 0.25) is 0 Å². The molecule has 3 nitrogen and oxygen atoms in total. The summed E-state index contributed by atoms with van der Waals surface area (Å²) < 4.78 is 5.63. The Morgan fingerprint density at radius 2 is 1.65 bits per heavy atom. The van der Waals surface area contributed by atoms with Gasteiger partial charge in [0.1, 0.15) is 17.6 Å². The average Bonchev–Trinajstić information content (AvgIpc) is 2.64. The molecule has 0 aliphatic carbocycles. The zero-order valence-corrected chi connectivity index (χ0v) is 13.4. The summed E-state index contributed by atoms with van der Waals surface area (Å²) in [4.78, 5) is 6.69. The predicted molar refractivity (Wildman–Crippen MR) is 94.2 cm³/mol. The minimum absolute atomic E-state index is 0.0230. The number of benzene rings is 2. The molecule has 1 aliphatic rings. The summed E-state index contributed by atoms with van der Waals surface area (Å²) in [5, 5.41) is 0. The molecule has 0 fully saturated rings. The average molecular weight is 304 g/mol. The maximum Gasteiger partial charge on any atom is 0.135 e. The van der Waals surface area contributed by atoms with Gasteiger partial charge < -0.3 is 9.64 Å². The lowest BCUT2D eigenvalue weighted by atomic mass is 10.00. The van der Waals surface area contributed by atoms with E-state index in [9.17, 15) is 0 Å². The van der Waals surface area contributed by atoms with E-state index in [0.717, 1.165) is 17.2 Å². The molecular formula is C20H20N2O. The number of nitrogens with zero attached hydrogens (tertiary/aromatic N) is 2. The van der Waals surface area contributed by atoms with Crippen molar-refractivity contribution in [1.29, 1.82) is 0 Å². The first-order chi connectivity index (χ1) is 11.3. The second-order valence-electron chi connectivity index (χ2n) is 5.25. The van der Waals surface area contributed by atoms with Gasteiger partial charge in [-0.25, -0.2) is 0 Å². The minimum atomic E-state index is -0.0230. The summed E-state index contributed by atoms with van der Waals surface area (Å²) >= 11 is 0. The first-order valence-corrected chi connectivity index (χ1v) is 7.63. The van der Waals surface area contributed by atoms with Crippen LogP contribution in [0.25, 0.3) is 0 Å². The summed E-state index contributed by atoms with van der Waals surface area (Å²) in [6, 6.07) is 20.5. The molecule has 0 bridgehead atoms. The first-order valence-electron chi connectivity index (χ1n) is 7.63. The molecule has 1 aliphatic heterocycles. The van der Waals surface area contributed by atoms with E-state index >= 15 is 0 Å². The smallest absolute Gasteiger partial charge is 0.135 e. The van der Waals surface area contributed by atoms with Crippen LogP contribution in [-0.2, 0) is 4.74 Å². The van der Waals surface area contributed by atoms with Crippen LogP contribution >= 0.6 is 0 Å². The predicted octanol–water partition coefficient (Wildman–Crippen LogP) is 4.16. The van der Waals surface area contributed by atoms with Gasteiger partial charge in [-0.1, -0.05) is 60.7 Å². The monoisotopic (exact) mass is 304 g/mol. The number of ether oxygens (including phenoxy) is 1. The molecule has 116 valence electrons. The molecule has 1 atom stereocenters. The fraction of sp³-hybridized carbons (Fsp3) is 0.150. The second kappa shape index (κ2) is 6.97. The third-order valence-corrected chi connectivity index (χ3v) is 3.89. The van der Waals surface area contributed by atoms with Gasteiger partial charge in [-0.2, -0.15) is 0 Å². The summed E-state index contributed by atoms with van der Waals surface area (Å²) in [6.45, 7) is 0. The van der Waals surface area contributed by atoms with E-state index < -0.39 is 0 Å². The minimum Gasteiger partial charge on any atom is -0.499 e. The van der Waals surface area contributed by atoms with Crippen LogP contribution in [-0.4, -0.2) is 24.9 Å². The summed E-state index contributed by atoms with van der Waals surface area (Å²) in [7, 11) is 3.54. The van der Waals surface area contributed by atoms with Crippen molar-refractivity contribution >= 4 is 5.84 Å². The van der Waals surface area contributed by atoms with Crippen LogP contribution in [0.3, 0.4) is 0 Å². The molecule has 0 aromatic heterocycles. The van der Waals surface area contributed by atoms with Gasteiger partial charge >= 0.3 is 0 Å². The number of allylic oxidation sites excluding steroid dienone is 2. The Morgan fingerprint density at radius 1 is 1.00 bits per heavy atom. The highest BCUT2D eigenvalue weighted by Crippen LogP contribution is 2.33. The van der Waals surface area contributed by atoms with Crippen molar-refractivity contribution in [2.24, 2.45) is 4.99 Å². The van der Waals surface area contributed by atoms with Crippen LogP contribution in [0.2, 0.25) is 0 Å². The molecule has 0 spiro atoms. The molecule has 3 heteroatoms. The molecule has 2 aromatic carbocycles. The van der Waals surface area contributed by atoms with E-state index in [2.05, 4.69) is 40.4 Å². The molecular weight excluding hydrogens is 284 g/mol. The van der Waals surface area contributed by atoms with Gasteiger partial charge in [0.05, 0.1) is 7.11 Å². The molecule has 1 heterocycles. The van der Waals surface area contributed by atoms with Crippen LogP contribution in [0.4, 0.5) is 0 Å². The number of amidine groups is 1. The fourth-order valence-electron chi connectivity index (χ4n) is 2.86. The first kappa shape index (κ1) is 15.1. The van der Waals surface area contributed by atoms with Crippen LogP contribution in [0.15, 0.2) is 89.8 Å². The van der Waals surface area contributed by atoms with Gasteiger partial charge in [0, 0.05) is 18.8 Å². The molecule has 0 saturated heterocycles. The van der Waals surface area contributed by atoms with Gasteiger partial charge in [0.25, 0.3) is 0 Å². The molecule has 0 amide bonds. The maximum absolute atomic E-state index is 5.63. The van der Waals surface area contributed by atoms with E-state index in [1.165, 1.54) is 5.56 Å². The second-order valence-corrected chi connectivity index (χ2v) is 5.25. The van der Waals surface area contributed by atoms with E-state index in [4.69, 9.17) is 4.74 Å². The van der Waals surface area contributed by atoms with Crippen molar-refractivity contribution < 1.29 is 4.74 Å². The van der Waals surface area contributed by atoms with Crippen molar-refractivity contribution in [1.82, 2.24) is 4.90 Å². The van der Waals surface area contributed by atoms with Crippen molar-refractivity contribution in [3.05, 3.63) is 95.9 Å². The molecule has 1 unspecified atom stereocenters. The summed E-state index contributed by atoms with van der Waals surface area (Å²) in [6.07, 6.45) is 6.05. The van der Waals surface area contributed by atoms with Crippen LogP contribution in [0, 0.1) is 0 Å². The number of hydrogen-bond donors (Lipinski definition) is 0. The third-order valence-electron chi connectivity index (χ3n) is 3.89. The molecule has 23 heavy (non-hydrogen) atoms. The highest BCUT2D eigenvalue weighted by molar-refractivity contribution is 5.99. The highest BCUT2D eigenvalue weighted by Gasteiger charge is 2.28. The third kappa shape index (κ3) is 3.04. The van der Waals surface area contributed by atoms with Crippen molar-refractivity contribution in [2.45, 2.75) is 6.04 Å². The lowest BCUT2D eigenvalue weighted by Gasteiger charge is -2.34. The maximum atomic E-state index is 5.63. The molecule has 0 N–H and O–H groups in total. The number of rotatable bonds is 3. The normalized spacial score (nSPS) is 17.8. The van der Waals surface area contributed by atoms with E-state index in [0.29, 0.717) is 0 Å². The van der Waals surface area contributed by atoms with E-state index in [-0.39, 0.29) is 6.04 Å². The standard InChI is InChI=1S/C20H20N2O/c1-21-20(17-12-7-4-8-13-17)22-15-9-14-18(23-2)19(22)16-10-5-3-6-11-16/h3-15,19H,1-2H3. The summed E-state index contributed by atoms with van der Waals surface area (Å²) in [5.74, 6) is 1.81. The highest BCUT2D eigenvalue weighted by atomic mass is 16.5.